The number of nitro groups is 1. The molecule has 2 aromatic rings. The minimum Gasteiger partial charge on any atom is -0.369 e. The van der Waals surface area contributed by atoms with Gasteiger partial charge in [-0.05, 0) is 36.4 Å². The number of nitrogens with zero attached hydrogens (tertiary/aromatic N) is 3. The minimum atomic E-state index is -3.86. The van der Waals surface area contributed by atoms with Gasteiger partial charge in [0.25, 0.3) is 5.69 Å². The van der Waals surface area contributed by atoms with Crippen LogP contribution in [0.3, 0.4) is 0 Å². The third-order valence-corrected chi connectivity index (χ3v) is 6.40. The van der Waals surface area contributed by atoms with Crippen LogP contribution in [0.15, 0.2) is 47.4 Å². The number of hydrogen-bond acceptors (Lipinski definition) is 5. The number of anilines is 1. The molecule has 138 valence electrons. The lowest BCUT2D eigenvalue weighted by Gasteiger charge is -2.35. The second kappa shape index (κ2) is 7.18. The van der Waals surface area contributed by atoms with E-state index in [9.17, 15) is 22.9 Å². The molecule has 7 nitrogen and oxygen atoms in total. The normalized spacial score (nSPS) is 15.8. The maximum Gasteiger partial charge on any atom is 0.289 e. The molecule has 10 heteroatoms. The molecule has 0 bridgehead atoms. The van der Waals surface area contributed by atoms with E-state index in [1.54, 1.807) is 12.1 Å². The predicted octanol–water partition coefficient (Wildman–Crippen LogP) is 2.90. The first-order valence-electron chi connectivity index (χ1n) is 7.73. The average molecular weight is 400 g/mol. The number of rotatable bonds is 4. The summed E-state index contributed by atoms with van der Waals surface area (Å²) in [6.07, 6.45) is 0. The van der Waals surface area contributed by atoms with Crippen molar-refractivity contribution in [3.63, 3.8) is 0 Å². The summed E-state index contributed by atoms with van der Waals surface area (Å²) in [4.78, 5) is 12.1. The third-order valence-electron chi connectivity index (χ3n) is 4.18. The second-order valence-corrected chi connectivity index (χ2v) is 8.08. The van der Waals surface area contributed by atoms with Crippen LogP contribution < -0.4 is 4.90 Å². The van der Waals surface area contributed by atoms with Crippen molar-refractivity contribution in [3.05, 3.63) is 63.4 Å². The molecule has 1 fully saturated rings. The molecular weight excluding hydrogens is 385 g/mol. The molecule has 0 unspecified atom stereocenters. The zero-order chi connectivity index (χ0) is 18.9. The van der Waals surface area contributed by atoms with E-state index >= 15 is 0 Å². The van der Waals surface area contributed by atoms with Gasteiger partial charge < -0.3 is 4.90 Å². The van der Waals surface area contributed by atoms with Gasteiger partial charge in [-0.25, -0.2) is 12.8 Å². The Kier molecular flexibility index (Phi) is 5.12. The van der Waals surface area contributed by atoms with Crippen molar-refractivity contribution in [2.45, 2.75) is 4.90 Å². The van der Waals surface area contributed by atoms with Gasteiger partial charge in [0.15, 0.2) is 0 Å². The Bertz CT molecular complexity index is 929. The number of nitro benzene ring substituents is 1. The third kappa shape index (κ3) is 3.64. The van der Waals surface area contributed by atoms with Crippen molar-refractivity contribution in [3.8, 4) is 0 Å². The van der Waals surface area contributed by atoms with Gasteiger partial charge in [0.1, 0.15) is 10.8 Å². The van der Waals surface area contributed by atoms with Gasteiger partial charge in [-0.3, -0.25) is 10.1 Å². The summed E-state index contributed by atoms with van der Waals surface area (Å²) in [6.45, 7) is 1.30. The zero-order valence-electron chi connectivity index (χ0n) is 13.5. The van der Waals surface area contributed by atoms with E-state index in [0.29, 0.717) is 13.1 Å². The molecule has 2 aromatic carbocycles. The molecule has 0 radical (unpaired) electrons. The van der Waals surface area contributed by atoms with Crippen LogP contribution in [-0.2, 0) is 10.0 Å². The Morgan fingerprint density at radius 2 is 1.65 bits per heavy atom. The van der Waals surface area contributed by atoms with Crippen molar-refractivity contribution >= 4 is 33.0 Å². The van der Waals surface area contributed by atoms with Crippen LogP contribution in [0.4, 0.5) is 15.8 Å². The van der Waals surface area contributed by atoms with Crippen LogP contribution in [0.1, 0.15) is 0 Å². The summed E-state index contributed by atoms with van der Waals surface area (Å²) >= 11 is 5.74. The SMILES string of the molecule is O=[N+]([O-])c1cc(S(=O)(=O)N2CCN(c3ccc(F)cc3)CC2)ccc1Cl. The Hall–Kier alpha value is -2.23. The van der Waals surface area contributed by atoms with E-state index in [1.807, 2.05) is 4.90 Å². The summed E-state index contributed by atoms with van der Waals surface area (Å²) in [5.74, 6) is -0.334. The first-order valence-corrected chi connectivity index (χ1v) is 9.55. The molecule has 1 heterocycles. The molecule has 3 rings (SSSR count). The summed E-state index contributed by atoms with van der Waals surface area (Å²) in [5.41, 5.74) is 0.364. The van der Waals surface area contributed by atoms with Crippen LogP contribution in [0.25, 0.3) is 0 Å². The molecule has 1 aliphatic rings. The fourth-order valence-corrected chi connectivity index (χ4v) is 4.41. The predicted molar refractivity (Wildman–Crippen MR) is 95.5 cm³/mol. The van der Waals surface area contributed by atoms with E-state index < -0.39 is 20.6 Å². The Labute approximate surface area is 154 Å². The summed E-state index contributed by atoms with van der Waals surface area (Å²) in [5, 5.41) is 10.9. The summed E-state index contributed by atoms with van der Waals surface area (Å²) in [7, 11) is -3.86. The maximum atomic E-state index is 13.0. The lowest BCUT2D eigenvalue weighted by Crippen LogP contribution is -2.48. The fourth-order valence-electron chi connectivity index (χ4n) is 2.78. The smallest absolute Gasteiger partial charge is 0.289 e. The fraction of sp³-hybridized carbons (Fsp3) is 0.250. The highest BCUT2D eigenvalue weighted by molar-refractivity contribution is 7.89. The Morgan fingerprint density at radius 1 is 1.04 bits per heavy atom. The largest absolute Gasteiger partial charge is 0.369 e. The maximum absolute atomic E-state index is 13.0. The molecule has 0 amide bonds. The first kappa shape index (κ1) is 18.6. The van der Waals surface area contributed by atoms with Crippen molar-refractivity contribution in [1.82, 2.24) is 4.31 Å². The molecule has 0 N–H and O–H groups in total. The van der Waals surface area contributed by atoms with Crippen LogP contribution in [0, 0.1) is 15.9 Å². The van der Waals surface area contributed by atoms with Gasteiger partial charge >= 0.3 is 0 Å². The van der Waals surface area contributed by atoms with E-state index in [2.05, 4.69) is 0 Å². The number of halogens is 2. The molecule has 0 saturated carbocycles. The number of benzene rings is 2. The summed E-state index contributed by atoms with van der Waals surface area (Å²) < 4.78 is 39.8. The Balaban J connectivity index is 1.77. The van der Waals surface area contributed by atoms with E-state index in [4.69, 9.17) is 11.6 Å². The minimum absolute atomic E-state index is 0.116. The zero-order valence-corrected chi connectivity index (χ0v) is 15.1. The molecule has 0 atom stereocenters. The highest BCUT2D eigenvalue weighted by atomic mass is 35.5. The molecule has 0 spiro atoms. The highest BCUT2D eigenvalue weighted by Gasteiger charge is 2.30. The van der Waals surface area contributed by atoms with Crippen molar-refractivity contribution < 1.29 is 17.7 Å². The van der Waals surface area contributed by atoms with Gasteiger partial charge in [-0.15, -0.1) is 0 Å². The summed E-state index contributed by atoms with van der Waals surface area (Å²) in [6, 6.07) is 9.43. The topological polar surface area (TPSA) is 83.8 Å². The second-order valence-electron chi connectivity index (χ2n) is 5.74. The highest BCUT2D eigenvalue weighted by Crippen LogP contribution is 2.29. The van der Waals surface area contributed by atoms with Crippen LogP contribution in [-0.4, -0.2) is 43.8 Å². The van der Waals surface area contributed by atoms with Gasteiger partial charge in [-0.2, -0.15) is 4.31 Å². The van der Waals surface area contributed by atoms with E-state index in [0.717, 1.165) is 11.8 Å². The number of sulfonamides is 1. The number of hydrogen-bond donors (Lipinski definition) is 0. The van der Waals surface area contributed by atoms with Gasteiger partial charge in [0.05, 0.1) is 9.82 Å². The van der Waals surface area contributed by atoms with E-state index in [1.165, 1.54) is 28.6 Å². The average Bonchev–Trinajstić information content (AvgIpc) is 2.62. The van der Waals surface area contributed by atoms with E-state index in [-0.39, 0.29) is 28.8 Å². The van der Waals surface area contributed by atoms with Crippen LogP contribution in [0.5, 0.6) is 0 Å². The van der Waals surface area contributed by atoms with Crippen molar-refractivity contribution in [2.75, 3.05) is 31.1 Å². The lowest BCUT2D eigenvalue weighted by atomic mass is 10.2. The van der Waals surface area contributed by atoms with Crippen LogP contribution in [0.2, 0.25) is 5.02 Å². The molecule has 26 heavy (non-hydrogen) atoms. The molecule has 0 aliphatic carbocycles. The van der Waals surface area contributed by atoms with Gasteiger partial charge in [0, 0.05) is 37.9 Å². The van der Waals surface area contributed by atoms with Crippen molar-refractivity contribution in [2.24, 2.45) is 0 Å². The van der Waals surface area contributed by atoms with Gasteiger partial charge in [0.2, 0.25) is 10.0 Å². The standard InChI is InChI=1S/C16H15ClFN3O4S/c17-15-6-5-14(11-16(15)21(22)23)26(24,25)20-9-7-19(8-10-20)13-3-1-12(18)2-4-13/h1-6,11H,7-10H2. The monoisotopic (exact) mass is 399 g/mol. The molecule has 1 saturated heterocycles. The lowest BCUT2D eigenvalue weighted by molar-refractivity contribution is -0.384. The van der Waals surface area contributed by atoms with Gasteiger partial charge in [-0.1, -0.05) is 11.6 Å². The molecule has 0 aromatic heterocycles. The first-order chi connectivity index (χ1) is 12.3. The quantitative estimate of drug-likeness (QED) is 0.583. The molecule has 1 aliphatic heterocycles. The number of piperazine rings is 1. The van der Waals surface area contributed by atoms with Crippen molar-refractivity contribution in [1.29, 1.82) is 0 Å². The molecular formula is C16H15ClFN3O4S. The van der Waals surface area contributed by atoms with Crippen LogP contribution >= 0.6 is 11.6 Å². The Morgan fingerprint density at radius 3 is 2.23 bits per heavy atom.